The summed E-state index contributed by atoms with van der Waals surface area (Å²) in [6.07, 6.45) is 0.532. The van der Waals surface area contributed by atoms with Gasteiger partial charge in [-0.1, -0.05) is 6.07 Å². The number of nitrogens with zero attached hydrogens (tertiary/aromatic N) is 3. The monoisotopic (exact) mass is 380 g/mol. The minimum absolute atomic E-state index is 0.00524. The van der Waals surface area contributed by atoms with E-state index in [1.165, 1.54) is 12.1 Å². The highest BCUT2D eigenvalue weighted by molar-refractivity contribution is 5.92. The molecular formula is C17H19F3N6O. The predicted octanol–water partition coefficient (Wildman–Crippen LogP) is 3.41. The summed E-state index contributed by atoms with van der Waals surface area (Å²) < 4.78 is 42.9. The minimum atomic E-state index is -2.93. The molecule has 3 rings (SSSR count). The van der Waals surface area contributed by atoms with Crippen LogP contribution in [-0.2, 0) is 0 Å². The molecule has 1 saturated heterocycles. The van der Waals surface area contributed by atoms with Crippen molar-refractivity contribution in [3.63, 3.8) is 0 Å². The average Bonchev–Trinajstić information content (AvgIpc) is 3.07. The summed E-state index contributed by atoms with van der Waals surface area (Å²) in [6, 6.07) is 6.01. The third-order valence-corrected chi connectivity index (χ3v) is 4.05. The lowest BCUT2D eigenvalue weighted by Gasteiger charge is -2.21. The van der Waals surface area contributed by atoms with Gasteiger partial charge in [-0.05, 0) is 18.6 Å². The molecule has 3 N–H and O–H groups in total. The normalized spacial score (nSPS) is 16.5. The van der Waals surface area contributed by atoms with Crippen LogP contribution in [0, 0.1) is 5.41 Å². The van der Waals surface area contributed by atoms with Crippen LogP contribution < -0.4 is 20.3 Å². The smallest absolute Gasteiger partial charge is 0.387 e. The van der Waals surface area contributed by atoms with Gasteiger partial charge in [0.15, 0.2) is 0 Å². The number of aromatic nitrogens is 2. The molecule has 0 saturated carbocycles. The summed E-state index contributed by atoms with van der Waals surface area (Å²) in [6.45, 7) is -2.25. The van der Waals surface area contributed by atoms with E-state index >= 15 is 0 Å². The molecule has 1 aliphatic rings. The molecule has 0 radical (unpaired) electrons. The molecule has 1 aromatic heterocycles. The third-order valence-electron chi connectivity index (χ3n) is 4.05. The fourth-order valence-electron chi connectivity index (χ4n) is 2.84. The molecule has 0 bridgehead atoms. The van der Waals surface area contributed by atoms with Crippen molar-refractivity contribution < 1.29 is 17.9 Å². The Hall–Kier alpha value is -3.04. The maximum absolute atomic E-state index is 13.6. The molecule has 1 unspecified atom stereocenters. The highest BCUT2D eigenvalue weighted by atomic mass is 19.3. The first-order chi connectivity index (χ1) is 13.0. The second-order valence-electron chi connectivity index (χ2n) is 5.89. The number of halogens is 3. The Balaban J connectivity index is 1.96. The van der Waals surface area contributed by atoms with E-state index < -0.39 is 12.8 Å². The summed E-state index contributed by atoms with van der Waals surface area (Å²) in [5.41, 5.74) is 0.830. The molecule has 27 heavy (non-hydrogen) atoms. The first kappa shape index (κ1) is 18.7. The Labute approximate surface area is 154 Å². The Kier molecular flexibility index (Phi) is 5.63. The van der Waals surface area contributed by atoms with Gasteiger partial charge in [0.2, 0.25) is 5.95 Å². The molecule has 0 aliphatic carbocycles. The zero-order chi connectivity index (χ0) is 19.4. The maximum atomic E-state index is 13.6. The van der Waals surface area contributed by atoms with E-state index in [1.54, 1.807) is 24.1 Å². The topological polar surface area (TPSA) is 86.2 Å². The lowest BCUT2D eigenvalue weighted by atomic mass is 10.2. The molecule has 7 nitrogen and oxygen atoms in total. The highest BCUT2D eigenvalue weighted by Crippen LogP contribution is 2.30. The van der Waals surface area contributed by atoms with Crippen molar-refractivity contribution in [3.8, 4) is 5.75 Å². The summed E-state index contributed by atoms with van der Waals surface area (Å²) in [4.78, 5) is 10.4. The van der Waals surface area contributed by atoms with Gasteiger partial charge in [0.25, 0.3) is 0 Å². The van der Waals surface area contributed by atoms with Crippen molar-refractivity contribution in [2.75, 3.05) is 35.7 Å². The molecule has 1 aliphatic heterocycles. The van der Waals surface area contributed by atoms with Crippen molar-refractivity contribution in [3.05, 3.63) is 29.8 Å². The molecule has 0 amide bonds. The zero-order valence-corrected chi connectivity index (χ0v) is 14.5. The number of benzene rings is 1. The lowest BCUT2D eigenvalue weighted by Crippen LogP contribution is -2.24. The van der Waals surface area contributed by atoms with Gasteiger partial charge in [0.05, 0.1) is 12.1 Å². The minimum Gasteiger partial charge on any atom is -0.435 e. The largest absolute Gasteiger partial charge is 0.435 e. The molecule has 1 atom stereocenters. The van der Waals surface area contributed by atoms with E-state index in [9.17, 15) is 13.2 Å². The average molecular weight is 380 g/mol. The molecule has 2 heterocycles. The molecule has 144 valence electrons. The SMILES string of the molecule is CNc1nc(Nc2cccc(OC(F)F)c2)c(C=N)c(N2CCC(F)C2)n1. The van der Waals surface area contributed by atoms with Crippen LogP contribution in [0.5, 0.6) is 5.75 Å². The van der Waals surface area contributed by atoms with E-state index in [0.29, 0.717) is 41.8 Å². The second-order valence-corrected chi connectivity index (χ2v) is 5.89. The van der Waals surface area contributed by atoms with Crippen LogP contribution in [0.3, 0.4) is 0 Å². The van der Waals surface area contributed by atoms with Gasteiger partial charge in [-0.25, -0.2) is 4.39 Å². The summed E-state index contributed by atoms with van der Waals surface area (Å²) in [7, 11) is 1.64. The van der Waals surface area contributed by atoms with Gasteiger partial charge in [0.1, 0.15) is 23.6 Å². The molecule has 1 fully saturated rings. The fourth-order valence-corrected chi connectivity index (χ4v) is 2.84. The van der Waals surface area contributed by atoms with Crippen LogP contribution in [0.4, 0.5) is 36.4 Å². The van der Waals surface area contributed by atoms with Gasteiger partial charge in [-0.15, -0.1) is 0 Å². The molecule has 2 aromatic rings. The van der Waals surface area contributed by atoms with Crippen molar-refractivity contribution in [2.45, 2.75) is 19.2 Å². The number of hydrogen-bond acceptors (Lipinski definition) is 7. The number of hydrogen-bond donors (Lipinski definition) is 3. The fraction of sp³-hybridized carbons (Fsp3) is 0.353. The summed E-state index contributed by atoms with van der Waals surface area (Å²) in [5.74, 6) is 1.03. The van der Waals surface area contributed by atoms with Crippen LogP contribution in [-0.4, -0.2) is 49.1 Å². The van der Waals surface area contributed by atoms with Gasteiger partial charge in [-0.3, -0.25) is 0 Å². The number of ether oxygens (including phenoxy) is 1. The number of rotatable bonds is 7. The molecule has 1 aromatic carbocycles. The highest BCUT2D eigenvalue weighted by Gasteiger charge is 2.26. The summed E-state index contributed by atoms with van der Waals surface area (Å²) >= 11 is 0. The number of anilines is 4. The summed E-state index contributed by atoms with van der Waals surface area (Å²) in [5, 5.41) is 13.6. The third kappa shape index (κ3) is 4.39. The molecule has 0 spiro atoms. The van der Waals surface area contributed by atoms with E-state index in [1.807, 2.05) is 0 Å². The van der Waals surface area contributed by atoms with E-state index in [4.69, 9.17) is 5.41 Å². The predicted molar refractivity (Wildman–Crippen MR) is 97.5 cm³/mol. The van der Waals surface area contributed by atoms with Gasteiger partial charge in [0, 0.05) is 31.6 Å². The van der Waals surface area contributed by atoms with E-state index in [-0.39, 0.29) is 12.3 Å². The lowest BCUT2D eigenvalue weighted by molar-refractivity contribution is -0.0498. The maximum Gasteiger partial charge on any atom is 0.387 e. The quantitative estimate of drug-likeness (QED) is 0.639. The second kappa shape index (κ2) is 8.11. The Morgan fingerprint density at radius 2 is 2.19 bits per heavy atom. The zero-order valence-electron chi connectivity index (χ0n) is 14.5. The van der Waals surface area contributed by atoms with Crippen molar-refractivity contribution >= 4 is 29.5 Å². The van der Waals surface area contributed by atoms with Crippen LogP contribution in [0.2, 0.25) is 0 Å². The number of alkyl halides is 3. The van der Waals surface area contributed by atoms with Gasteiger partial charge in [-0.2, -0.15) is 18.7 Å². The van der Waals surface area contributed by atoms with E-state index in [2.05, 4.69) is 25.3 Å². The van der Waals surface area contributed by atoms with Crippen molar-refractivity contribution in [1.82, 2.24) is 9.97 Å². The first-order valence-electron chi connectivity index (χ1n) is 8.31. The Morgan fingerprint density at radius 3 is 2.81 bits per heavy atom. The Morgan fingerprint density at radius 1 is 1.37 bits per heavy atom. The first-order valence-corrected chi connectivity index (χ1v) is 8.31. The van der Waals surface area contributed by atoms with Crippen LogP contribution in [0.1, 0.15) is 12.0 Å². The Bertz CT molecular complexity index is 819. The van der Waals surface area contributed by atoms with Crippen LogP contribution in [0.15, 0.2) is 24.3 Å². The molecular weight excluding hydrogens is 361 g/mol. The molecule has 10 heteroatoms. The van der Waals surface area contributed by atoms with Gasteiger partial charge < -0.3 is 25.7 Å². The number of nitrogens with one attached hydrogen (secondary N) is 3. The van der Waals surface area contributed by atoms with Crippen LogP contribution >= 0.6 is 0 Å². The van der Waals surface area contributed by atoms with Crippen LogP contribution in [0.25, 0.3) is 0 Å². The standard InChI is InChI=1S/C17H19F3N6O/c1-22-17-24-14(23-11-3-2-4-12(7-11)27-16(19)20)13(8-21)15(25-17)26-6-5-10(18)9-26/h2-4,7-8,10,16,21H,5-6,9H2,1H3,(H2,22,23,24,25). The van der Waals surface area contributed by atoms with Gasteiger partial charge >= 0.3 is 6.61 Å². The van der Waals surface area contributed by atoms with Crippen molar-refractivity contribution in [1.29, 1.82) is 5.41 Å². The van der Waals surface area contributed by atoms with Crippen molar-refractivity contribution in [2.24, 2.45) is 0 Å². The van der Waals surface area contributed by atoms with E-state index in [0.717, 1.165) is 6.21 Å².